The van der Waals surface area contributed by atoms with Crippen LogP contribution in [0.3, 0.4) is 0 Å². The third kappa shape index (κ3) is 2.55. The minimum Gasteiger partial charge on any atom is -0.355 e. The molecule has 84 valence electrons. The highest BCUT2D eigenvalue weighted by atomic mass is 32.1. The molecule has 5 heteroatoms. The molecule has 0 aliphatic carbocycles. The quantitative estimate of drug-likeness (QED) is 0.818. The summed E-state index contributed by atoms with van der Waals surface area (Å²) in [6.07, 6.45) is -4.28. The molecule has 0 radical (unpaired) electrons. The van der Waals surface area contributed by atoms with Gasteiger partial charge < -0.3 is 5.32 Å². The highest BCUT2D eigenvalue weighted by Gasteiger charge is 2.29. The van der Waals surface area contributed by atoms with Crippen LogP contribution in [0.15, 0.2) is 41.1 Å². The van der Waals surface area contributed by atoms with Crippen LogP contribution in [0.2, 0.25) is 0 Å². The van der Waals surface area contributed by atoms with Crippen molar-refractivity contribution < 1.29 is 13.2 Å². The van der Waals surface area contributed by atoms with E-state index in [1.807, 2.05) is 16.8 Å². The Kier molecular flexibility index (Phi) is 2.87. The molecule has 1 N–H and O–H groups in total. The van der Waals surface area contributed by atoms with E-state index in [2.05, 4.69) is 5.32 Å². The van der Waals surface area contributed by atoms with Gasteiger partial charge in [0.1, 0.15) is 0 Å². The summed E-state index contributed by atoms with van der Waals surface area (Å²) in [6.45, 7) is 0. The molecule has 0 spiro atoms. The molecule has 0 aliphatic heterocycles. The average Bonchev–Trinajstić information content (AvgIpc) is 2.70. The number of alkyl halides is 3. The maximum atomic E-state index is 12.3. The number of benzene rings is 1. The number of nitrogens with one attached hydrogen (secondary N) is 1. The van der Waals surface area contributed by atoms with Crippen LogP contribution in [-0.2, 0) is 6.18 Å². The van der Waals surface area contributed by atoms with Crippen molar-refractivity contribution in [1.82, 2.24) is 0 Å². The van der Waals surface area contributed by atoms with Crippen molar-refractivity contribution in [2.45, 2.75) is 6.18 Å². The first-order valence-corrected chi connectivity index (χ1v) is 5.46. The van der Waals surface area contributed by atoms with Crippen LogP contribution in [0, 0.1) is 0 Å². The van der Waals surface area contributed by atoms with Crippen molar-refractivity contribution in [3.05, 3.63) is 46.7 Å². The average molecular weight is 243 g/mol. The molecule has 1 nitrogen and oxygen atoms in total. The molecule has 1 aromatic heterocycles. The summed E-state index contributed by atoms with van der Waals surface area (Å²) in [4.78, 5) is 0. The summed E-state index contributed by atoms with van der Waals surface area (Å²) >= 11 is 1.52. The highest BCUT2D eigenvalue weighted by molar-refractivity contribution is 7.08. The molecule has 0 saturated carbocycles. The third-order valence-electron chi connectivity index (χ3n) is 2.02. The molecule has 1 heterocycles. The summed E-state index contributed by atoms with van der Waals surface area (Å²) in [5.74, 6) is 0. The summed E-state index contributed by atoms with van der Waals surface area (Å²) < 4.78 is 36.8. The summed E-state index contributed by atoms with van der Waals surface area (Å²) in [7, 11) is 0. The first kappa shape index (κ1) is 11.0. The van der Waals surface area contributed by atoms with Gasteiger partial charge in [-0.15, -0.1) is 0 Å². The van der Waals surface area contributed by atoms with Crippen LogP contribution in [0.4, 0.5) is 24.5 Å². The van der Waals surface area contributed by atoms with Crippen LogP contribution >= 0.6 is 11.3 Å². The Bertz CT molecular complexity index is 445. The van der Waals surface area contributed by atoms with Crippen LogP contribution in [0.1, 0.15) is 5.56 Å². The number of hydrogen-bond donors (Lipinski definition) is 1. The predicted octanol–water partition coefficient (Wildman–Crippen LogP) is 4.51. The van der Waals surface area contributed by atoms with Gasteiger partial charge in [-0.05, 0) is 35.7 Å². The lowest BCUT2D eigenvalue weighted by Gasteiger charge is -2.08. The number of hydrogen-bond acceptors (Lipinski definition) is 2. The van der Waals surface area contributed by atoms with E-state index in [1.54, 1.807) is 0 Å². The van der Waals surface area contributed by atoms with Crippen LogP contribution < -0.4 is 5.32 Å². The fraction of sp³-hybridized carbons (Fsp3) is 0.0909. The van der Waals surface area contributed by atoms with E-state index >= 15 is 0 Å². The number of thiophene rings is 1. The summed E-state index contributed by atoms with van der Waals surface area (Å²) in [5, 5.41) is 6.79. The lowest BCUT2D eigenvalue weighted by Crippen LogP contribution is -2.04. The fourth-order valence-electron chi connectivity index (χ4n) is 1.24. The molecule has 1 aromatic carbocycles. The number of anilines is 2. The molecule has 0 unspecified atom stereocenters. The number of rotatable bonds is 2. The van der Waals surface area contributed by atoms with Crippen LogP contribution in [-0.4, -0.2) is 0 Å². The van der Waals surface area contributed by atoms with Crippen molar-refractivity contribution in [3.63, 3.8) is 0 Å². The molecular weight excluding hydrogens is 235 g/mol. The van der Waals surface area contributed by atoms with E-state index in [-0.39, 0.29) is 0 Å². The normalized spacial score (nSPS) is 11.4. The maximum Gasteiger partial charge on any atom is 0.416 e. The predicted molar refractivity (Wildman–Crippen MR) is 59.0 cm³/mol. The van der Waals surface area contributed by atoms with Gasteiger partial charge in [0.2, 0.25) is 0 Å². The highest BCUT2D eigenvalue weighted by Crippen LogP contribution is 2.30. The molecule has 0 amide bonds. The monoisotopic (exact) mass is 243 g/mol. The second-order valence-electron chi connectivity index (χ2n) is 3.21. The molecular formula is C11H8F3NS. The molecule has 0 aliphatic rings. The minimum atomic E-state index is -4.28. The van der Waals surface area contributed by atoms with Gasteiger partial charge in [-0.2, -0.15) is 24.5 Å². The molecule has 0 bridgehead atoms. The Labute approximate surface area is 94.5 Å². The second-order valence-corrected chi connectivity index (χ2v) is 3.99. The van der Waals surface area contributed by atoms with Crippen molar-refractivity contribution in [1.29, 1.82) is 0 Å². The van der Waals surface area contributed by atoms with Gasteiger partial charge >= 0.3 is 6.18 Å². The van der Waals surface area contributed by atoms with Gasteiger partial charge in [-0.1, -0.05) is 0 Å². The lowest BCUT2D eigenvalue weighted by atomic mass is 10.2. The topological polar surface area (TPSA) is 12.0 Å². The maximum absolute atomic E-state index is 12.3. The van der Waals surface area contributed by atoms with E-state index in [4.69, 9.17) is 0 Å². The van der Waals surface area contributed by atoms with E-state index in [1.165, 1.54) is 23.5 Å². The molecule has 0 saturated heterocycles. The fourth-order valence-corrected chi connectivity index (χ4v) is 1.83. The Morgan fingerprint density at radius 2 is 1.62 bits per heavy atom. The van der Waals surface area contributed by atoms with Gasteiger partial charge in [-0.3, -0.25) is 0 Å². The van der Waals surface area contributed by atoms with Gasteiger partial charge in [0.25, 0.3) is 0 Å². The van der Waals surface area contributed by atoms with Crippen molar-refractivity contribution in [2.24, 2.45) is 0 Å². The largest absolute Gasteiger partial charge is 0.416 e. The van der Waals surface area contributed by atoms with Gasteiger partial charge in [0, 0.05) is 16.8 Å². The molecule has 16 heavy (non-hydrogen) atoms. The minimum absolute atomic E-state index is 0.636. The molecule has 0 fully saturated rings. The molecule has 2 aromatic rings. The Balaban J connectivity index is 2.14. The van der Waals surface area contributed by atoms with Gasteiger partial charge in [0.15, 0.2) is 0 Å². The van der Waals surface area contributed by atoms with Crippen LogP contribution in [0.5, 0.6) is 0 Å². The van der Waals surface area contributed by atoms with E-state index in [9.17, 15) is 13.2 Å². The summed E-state index contributed by atoms with van der Waals surface area (Å²) in [5.41, 5.74) is 0.888. The molecule has 0 atom stereocenters. The van der Waals surface area contributed by atoms with E-state index in [0.29, 0.717) is 5.69 Å². The van der Waals surface area contributed by atoms with E-state index in [0.717, 1.165) is 17.8 Å². The van der Waals surface area contributed by atoms with E-state index < -0.39 is 11.7 Å². The standard InChI is InChI=1S/C11H8F3NS/c12-11(13,14)8-1-3-9(4-2-8)15-10-5-6-16-7-10/h1-7,15H. The zero-order chi connectivity index (χ0) is 11.6. The Morgan fingerprint density at radius 1 is 0.938 bits per heavy atom. The zero-order valence-electron chi connectivity index (χ0n) is 8.08. The summed E-state index contributed by atoms with van der Waals surface area (Å²) in [6, 6.07) is 6.83. The Hall–Kier alpha value is -1.49. The third-order valence-corrected chi connectivity index (χ3v) is 2.71. The van der Waals surface area contributed by atoms with Crippen molar-refractivity contribution >= 4 is 22.7 Å². The first-order chi connectivity index (χ1) is 7.55. The smallest absolute Gasteiger partial charge is 0.355 e. The van der Waals surface area contributed by atoms with Crippen LogP contribution in [0.25, 0.3) is 0 Å². The molecule has 2 rings (SSSR count). The van der Waals surface area contributed by atoms with Gasteiger partial charge in [-0.25, -0.2) is 0 Å². The first-order valence-electron chi connectivity index (χ1n) is 4.52. The lowest BCUT2D eigenvalue weighted by molar-refractivity contribution is -0.137. The second kappa shape index (κ2) is 4.17. The Morgan fingerprint density at radius 3 is 2.12 bits per heavy atom. The van der Waals surface area contributed by atoms with Gasteiger partial charge in [0.05, 0.1) is 5.56 Å². The number of halogens is 3. The van der Waals surface area contributed by atoms with Crippen molar-refractivity contribution in [3.8, 4) is 0 Å². The van der Waals surface area contributed by atoms with Crippen molar-refractivity contribution in [2.75, 3.05) is 5.32 Å². The SMILES string of the molecule is FC(F)(F)c1ccc(Nc2ccsc2)cc1. The zero-order valence-corrected chi connectivity index (χ0v) is 8.90.